The Kier molecular flexibility index (Phi) is 5.93. The Morgan fingerprint density at radius 3 is 2.41 bits per heavy atom. The highest BCUT2D eigenvalue weighted by molar-refractivity contribution is 5.69. The van der Waals surface area contributed by atoms with Crippen LogP contribution >= 0.6 is 0 Å². The lowest BCUT2D eigenvalue weighted by atomic mass is 9.60. The van der Waals surface area contributed by atoms with Gasteiger partial charge in [-0.25, -0.2) is 4.79 Å². The van der Waals surface area contributed by atoms with E-state index in [2.05, 4.69) is 17.9 Å². The van der Waals surface area contributed by atoms with Gasteiger partial charge in [-0.05, 0) is 69.9 Å². The molecule has 1 spiro atoms. The Morgan fingerprint density at radius 1 is 1.28 bits per heavy atom. The molecule has 1 amide bonds. The molecule has 1 heterocycles. The maximum atomic E-state index is 12.3. The van der Waals surface area contributed by atoms with Gasteiger partial charge >= 0.3 is 6.09 Å². The van der Waals surface area contributed by atoms with Crippen LogP contribution in [0.4, 0.5) is 16.2 Å². The number of aryl methyl sites for hydroxylation is 1. The fraction of sp³-hybridized carbons (Fsp3) is 0.696. The van der Waals surface area contributed by atoms with Gasteiger partial charge in [-0.1, -0.05) is 6.92 Å². The minimum absolute atomic E-state index is 0.212. The van der Waals surface area contributed by atoms with Crippen LogP contribution in [0.15, 0.2) is 12.1 Å². The first-order valence-corrected chi connectivity index (χ1v) is 10.7. The summed E-state index contributed by atoms with van der Waals surface area (Å²) in [6.07, 6.45) is 5.19. The van der Waals surface area contributed by atoms with E-state index in [0.717, 1.165) is 50.9 Å². The average molecular weight is 404 g/mol. The first kappa shape index (κ1) is 21.6. The Hall–Kier alpha value is -2.11. The second kappa shape index (κ2) is 7.96. The topological polar surface area (TPSA) is 68.0 Å². The number of nitrogens with zero attached hydrogens (tertiary/aromatic N) is 2. The molecule has 29 heavy (non-hydrogen) atoms. The third kappa shape index (κ3) is 4.57. The van der Waals surface area contributed by atoms with E-state index in [0.29, 0.717) is 17.1 Å². The van der Waals surface area contributed by atoms with Crippen LogP contribution in [0.1, 0.15) is 58.9 Å². The molecule has 1 aliphatic heterocycles. The van der Waals surface area contributed by atoms with Gasteiger partial charge in [0.2, 0.25) is 0 Å². The number of amides is 1. The van der Waals surface area contributed by atoms with Crippen molar-refractivity contribution in [3.63, 3.8) is 0 Å². The molecular formula is C23H37N3O3. The van der Waals surface area contributed by atoms with Crippen molar-refractivity contribution in [1.82, 2.24) is 4.90 Å². The molecule has 0 unspecified atom stereocenters. The third-order valence-electron chi connectivity index (χ3n) is 6.54. The number of nitrogens with two attached hydrogens (primary N) is 1. The quantitative estimate of drug-likeness (QED) is 0.752. The average Bonchev–Trinajstić information content (AvgIpc) is 2.64. The van der Waals surface area contributed by atoms with E-state index in [1.54, 1.807) is 12.0 Å². The number of piperidine rings is 1. The molecule has 2 fully saturated rings. The summed E-state index contributed by atoms with van der Waals surface area (Å²) in [7, 11) is 3.54. The molecule has 0 bridgehead atoms. The molecule has 6 nitrogen and oxygen atoms in total. The summed E-state index contributed by atoms with van der Waals surface area (Å²) in [5, 5.41) is 0. The number of hydrogen-bond donors (Lipinski definition) is 1. The van der Waals surface area contributed by atoms with E-state index >= 15 is 0 Å². The lowest BCUT2D eigenvalue weighted by Crippen LogP contribution is -2.56. The van der Waals surface area contributed by atoms with Gasteiger partial charge in [-0.2, -0.15) is 0 Å². The maximum Gasteiger partial charge on any atom is 0.410 e. The third-order valence-corrected chi connectivity index (χ3v) is 6.54. The number of ether oxygens (including phenoxy) is 2. The zero-order valence-electron chi connectivity index (χ0n) is 18.9. The molecule has 1 saturated carbocycles. The van der Waals surface area contributed by atoms with Crippen molar-refractivity contribution in [2.75, 3.05) is 37.9 Å². The van der Waals surface area contributed by atoms with Crippen LogP contribution in [0.5, 0.6) is 5.75 Å². The SMILES string of the molecule is CCc1cc(N)c(OC)cc1N1CCC2(CC1)CC(N(C)C(=O)OC(C)(C)C)C2. The summed E-state index contributed by atoms with van der Waals surface area (Å²) in [5.41, 5.74) is 9.23. The van der Waals surface area contributed by atoms with Crippen LogP contribution in [0.2, 0.25) is 0 Å². The van der Waals surface area contributed by atoms with Crippen LogP contribution < -0.4 is 15.4 Å². The summed E-state index contributed by atoms with van der Waals surface area (Å²) in [6.45, 7) is 9.96. The normalized spacial score (nSPS) is 19.0. The zero-order valence-corrected chi connectivity index (χ0v) is 18.9. The van der Waals surface area contributed by atoms with Crippen molar-refractivity contribution >= 4 is 17.5 Å². The molecule has 1 aromatic carbocycles. The number of methoxy groups -OCH3 is 1. The van der Waals surface area contributed by atoms with Gasteiger partial charge in [0, 0.05) is 37.9 Å². The lowest BCUT2D eigenvalue weighted by Gasteiger charge is -2.54. The summed E-state index contributed by atoms with van der Waals surface area (Å²) < 4.78 is 11.0. The minimum Gasteiger partial charge on any atom is -0.495 e. The van der Waals surface area contributed by atoms with E-state index in [1.165, 1.54) is 11.3 Å². The van der Waals surface area contributed by atoms with Gasteiger partial charge in [-0.15, -0.1) is 0 Å². The summed E-state index contributed by atoms with van der Waals surface area (Å²) in [4.78, 5) is 16.6. The van der Waals surface area contributed by atoms with Gasteiger partial charge in [0.25, 0.3) is 0 Å². The summed E-state index contributed by atoms with van der Waals surface area (Å²) in [5.74, 6) is 0.750. The molecule has 2 N–H and O–H groups in total. The highest BCUT2D eigenvalue weighted by Crippen LogP contribution is 2.51. The second-order valence-corrected chi connectivity index (χ2v) is 9.72. The number of carbonyl (C=O) groups excluding carboxylic acids is 1. The van der Waals surface area contributed by atoms with Gasteiger partial charge in [0.1, 0.15) is 11.4 Å². The standard InChI is InChI=1S/C23H37N3O3/c1-7-16-12-18(24)20(28-6)13-19(16)26-10-8-23(9-11-26)14-17(15-23)25(5)21(27)29-22(2,3)4/h12-13,17H,7-11,14-15,24H2,1-6H3. The monoisotopic (exact) mass is 403 g/mol. The zero-order chi connectivity index (χ0) is 21.4. The predicted octanol–water partition coefficient (Wildman–Crippen LogP) is 4.46. The van der Waals surface area contributed by atoms with Gasteiger partial charge in [0.05, 0.1) is 12.8 Å². The van der Waals surface area contributed by atoms with E-state index in [4.69, 9.17) is 15.2 Å². The van der Waals surface area contributed by atoms with E-state index in [-0.39, 0.29) is 6.09 Å². The summed E-state index contributed by atoms with van der Waals surface area (Å²) in [6, 6.07) is 4.43. The van der Waals surface area contributed by atoms with Gasteiger partial charge in [0.15, 0.2) is 0 Å². The van der Waals surface area contributed by atoms with E-state index < -0.39 is 5.60 Å². The Morgan fingerprint density at radius 2 is 1.90 bits per heavy atom. The van der Waals surface area contributed by atoms with Crippen molar-refractivity contribution in [3.05, 3.63) is 17.7 Å². The van der Waals surface area contributed by atoms with E-state index in [9.17, 15) is 4.79 Å². The smallest absolute Gasteiger partial charge is 0.410 e. The fourth-order valence-electron chi connectivity index (χ4n) is 4.71. The molecule has 0 aromatic heterocycles. The number of anilines is 2. The van der Waals surface area contributed by atoms with Crippen molar-refractivity contribution < 1.29 is 14.3 Å². The Labute approximate surface area is 175 Å². The number of hydrogen-bond acceptors (Lipinski definition) is 5. The molecule has 2 aliphatic rings. The first-order valence-electron chi connectivity index (χ1n) is 10.7. The van der Waals surface area contributed by atoms with E-state index in [1.807, 2.05) is 33.9 Å². The first-order chi connectivity index (χ1) is 13.6. The molecule has 1 aliphatic carbocycles. The number of benzene rings is 1. The molecule has 6 heteroatoms. The van der Waals surface area contributed by atoms with Crippen molar-refractivity contribution in [1.29, 1.82) is 0 Å². The molecular weight excluding hydrogens is 366 g/mol. The highest BCUT2D eigenvalue weighted by atomic mass is 16.6. The largest absolute Gasteiger partial charge is 0.495 e. The Bertz CT molecular complexity index is 740. The maximum absolute atomic E-state index is 12.3. The van der Waals surface area contributed by atoms with Crippen LogP contribution in [0.3, 0.4) is 0 Å². The van der Waals surface area contributed by atoms with Crippen LogP contribution in [0, 0.1) is 5.41 Å². The molecule has 3 rings (SSSR count). The molecule has 162 valence electrons. The van der Waals surface area contributed by atoms with Crippen LogP contribution in [0.25, 0.3) is 0 Å². The predicted molar refractivity (Wildman–Crippen MR) is 118 cm³/mol. The van der Waals surface area contributed by atoms with Crippen LogP contribution in [-0.2, 0) is 11.2 Å². The second-order valence-electron chi connectivity index (χ2n) is 9.72. The molecule has 1 aromatic rings. The van der Waals surface area contributed by atoms with Crippen LogP contribution in [-0.4, -0.2) is 49.9 Å². The molecule has 0 atom stereocenters. The van der Waals surface area contributed by atoms with Gasteiger partial charge in [-0.3, -0.25) is 0 Å². The van der Waals surface area contributed by atoms with Crippen molar-refractivity contribution in [3.8, 4) is 5.75 Å². The van der Waals surface area contributed by atoms with Crippen molar-refractivity contribution in [2.45, 2.75) is 71.4 Å². The minimum atomic E-state index is -0.449. The molecule has 0 radical (unpaired) electrons. The van der Waals surface area contributed by atoms with Gasteiger partial charge < -0.3 is 25.0 Å². The number of rotatable bonds is 4. The van der Waals surface area contributed by atoms with Crippen molar-refractivity contribution in [2.24, 2.45) is 5.41 Å². The number of nitrogen functional groups attached to an aromatic ring is 1. The lowest BCUT2D eigenvalue weighted by molar-refractivity contribution is -0.0273. The summed E-state index contributed by atoms with van der Waals surface area (Å²) >= 11 is 0. The number of carbonyl (C=O) groups is 1. The highest BCUT2D eigenvalue weighted by Gasteiger charge is 2.48. The Balaban J connectivity index is 1.59. The molecule has 1 saturated heterocycles. The fourth-order valence-corrected chi connectivity index (χ4v) is 4.71.